The van der Waals surface area contributed by atoms with Crippen LogP contribution in [0.25, 0.3) is 0 Å². The van der Waals surface area contributed by atoms with E-state index in [2.05, 4.69) is 49.7 Å². The molecule has 74 valence electrons. The predicted molar refractivity (Wildman–Crippen MR) is 67.4 cm³/mol. The van der Waals surface area contributed by atoms with E-state index in [0.717, 1.165) is 0 Å². The Morgan fingerprint density at radius 3 is 1.17 bits per heavy atom. The summed E-state index contributed by atoms with van der Waals surface area (Å²) in [4.78, 5) is 0. The molecule has 0 aromatic heterocycles. The van der Waals surface area contributed by atoms with E-state index in [0.29, 0.717) is 0 Å². The lowest BCUT2D eigenvalue weighted by molar-refractivity contribution is 0.947. The summed E-state index contributed by atoms with van der Waals surface area (Å²) >= 11 is 6.35. The van der Waals surface area contributed by atoms with Crippen LogP contribution in [0.5, 0.6) is 0 Å². The highest BCUT2D eigenvalue weighted by molar-refractivity contribution is 7.15. The maximum atomic E-state index is 6.35. The smallest absolute Gasteiger partial charge is 0.197 e. The van der Waals surface area contributed by atoms with E-state index >= 15 is 0 Å². The monoisotopic (exact) mass is 239 g/mol. The fourth-order valence-electron chi connectivity index (χ4n) is 2.07. The van der Waals surface area contributed by atoms with Crippen LogP contribution in [0.3, 0.4) is 0 Å². The molecule has 0 saturated carbocycles. The van der Waals surface area contributed by atoms with Crippen LogP contribution in [-0.2, 0) is 0 Å². The van der Waals surface area contributed by atoms with E-state index in [4.69, 9.17) is 11.1 Å². The van der Waals surface area contributed by atoms with E-state index in [1.54, 1.807) is 0 Å². The minimum Gasteiger partial charge on any atom is -0.359 e. The van der Waals surface area contributed by atoms with Crippen LogP contribution in [0.4, 0.5) is 0 Å². The SMILES string of the molecule is C[SiH](Cl)N([Si](C)(C)C)[Si](C)(C)C. The van der Waals surface area contributed by atoms with Crippen LogP contribution < -0.4 is 0 Å². The van der Waals surface area contributed by atoms with Crippen molar-refractivity contribution in [1.29, 1.82) is 0 Å². The summed E-state index contributed by atoms with van der Waals surface area (Å²) in [6.07, 6.45) is 0. The predicted octanol–water partition coefficient (Wildman–Crippen LogP) is 3.05. The van der Waals surface area contributed by atoms with Gasteiger partial charge in [0, 0.05) is 0 Å². The highest BCUT2D eigenvalue weighted by Crippen LogP contribution is 2.22. The number of hydrogen-bond donors (Lipinski definition) is 0. The van der Waals surface area contributed by atoms with Crippen LogP contribution in [0, 0.1) is 0 Å². The molecule has 0 fully saturated rings. The Morgan fingerprint density at radius 1 is 0.917 bits per heavy atom. The summed E-state index contributed by atoms with van der Waals surface area (Å²) in [7, 11) is -3.43. The lowest BCUT2D eigenvalue weighted by Gasteiger charge is -2.45. The van der Waals surface area contributed by atoms with E-state index in [1.807, 2.05) is 0 Å². The molecule has 5 heteroatoms. The van der Waals surface area contributed by atoms with E-state index in [9.17, 15) is 0 Å². The van der Waals surface area contributed by atoms with Gasteiger partial charge in [0.05, 0.1) is 0 Å². The molecule has 0 heterocycles. The molecule has 0 radical (unpaired) electrons. The first-order valence-electron chi connectivity index (χ1n) is 4.50. The molecular formula is C7H22ClNSi3. The first kappa shape index (κ1) is 12.9. The fourth-order valence-corrected chi connectivity index (χ4v) is 23.9. The molecule has 0 saturated heterocycles. The Bertz CT molecular complexity index is 134. The number of hydrogen-bond acceptors (Lipinski definition) is 1. The summed E-state index contributed by atoms with van der Waals surface area (Å²) in [6, 6.07) is 0. The summed E-state index contributed by atoms with van der Waals surface area (Å²) < 4.78 is 2.72. The molecule has 0 aliphatic rings. The van der Waals surface area contributed by atoms with Crippen LogP contribution in [0.1, 0.15) is 0 Å². The number of rotatable bonds is 3. The molecule has 1 nitrogen and oxygen atoms in total. The molecule has 0 N–H and O–H groups in total. The lowest BCUT2D eigenvalue weighted by Crippen LogP contribution is -2.63. The second kappa shape index (κ2) is 3.96. The van der Waals surface area contributed by atoms with E-state index < -0.39 is 24.7 Å². The molecule has 0 aromatic rings. The third-order valence-corrected chi connectivity index (χ3v) is 18.0. The minimum absolute atomic E-state index is 1.11. The lowest BCUT2D eigenvalue weighted by atomic mass is 11.8. The number of halogens is 1. The highest BCUT2D eigenvalue weighted by atomic mass is 35.6. The highest BCUT2D eigenvalue weighted by Gasteiger charge is 2.37. The molecule has 0 aliphatic heterocycles. The topological polar surface area (TPSA) is 3.24 Å². The van der Waals surface area contributed by atoms with Crippen molar-refractivity contribution < 1.29 is 0 Å². The Balaban J connectivity index is 4.70. The summed E-state index contributed by atoms with van der Waals surface area (Å²) in [5.41, 5.74) is 0. The summed E-state index contributed by atoms with van der Waals surface area (Å²) in [5, 5.41) is 0. The molecule has 0 aliphatic carbocycles. The van der Waals surface area contributed by atoms with Gasteiger partial charge >= 0.3 is 0 Å². The Hall–Kier alpha value is 0.901. The van der Waals surface area contributed by atoms with E-state index in [-0.39, 0.29) is 0 Å². The zero-order valence-corrected chi connectivity index (χ0v) is 13.3. The molecular weight excluding hydrogens is 218 g/mol. The first-order chi connectivity index (χ1) is 5.07. The summed E-state index contributed by atoms with van der Waals surface area (Å²) in [5.74, 6) is 0. The zero-order chi connectivity index (χ0) is 10.2. The van der Waals surface area contributed by atoms with Gasteiger partial charge in [-0.2, -0.15) is 11.1 Å². The van der Waals surface area contributed by atoms with Crippen molar-refractivity contribution in [2.45, 2.75) is 45.8 Å². The van der Waals surface area contributed by atoms with E-state index in [1.165, 1.54) is 0 Å². The maximum Gasteiger partial charge on any atom is 0.197 e. The maximum absolute atomic E-state index is 6.35. The molecule has 0 bridgehead atoms. The Morgan fingerprint density at radius 2 is 1.17 bits per heavy atom. The molecule has 0 amide bonds. The molecule has 0 rings (SSSR count). The quantitative estimate of drug-likeness (QED) is 0.541. The average Bonchev–Trinajstić information content (AvgIpc) is 1.49. The van der Waals surface area contributed by atoms with Gasteiger partial charge < -0.3 is 3.90 Å². The largest absolute Gasteiger partial charge is 0.359 e. The van der Waals surface area contributed by atoms with Gasteiger partial charge in [-0.1, -0.05) is 39.3 Å². The zero-order valence-electron chi connectivity index (χ0n) is 9.40. The van der Waals surface area contributed by atoms with Gasteiger partial charge in [-0.25, -0.2) is 0 Å². The van der Waals surface area contributed by atoms with Gasteiger partial charge in [-0.05, 0) is 6.55 Å². The molecule has 1 unspecified atom stereocenters. The third kappa shape index (κ3) is 3.74. The van der Waals surface area contributed by atoms with Gasteiger partial charge in [0.1, 0.15) is 16.5 Å². The fraction of sp³-hybridized carbons (Fsp3) is 1.00. The average molecular weight is 240 g/mol. The standard InChI is InChI=1S/C7H22ClNSi3/c1-10(8)9(11(2,3)4)12(5,6)7/h10H,1-7H3. The second-order valence-corrected chi connectivity index (χ2v) is 20.0. The third-order valence-electron chi connectivity index (χ3n) is 1.80. The van der Waals surface area contributed by atoms with Gasteiger partial charge in [-0.3, -0.25) is 0 Å². The van der Waals surface area contributed by atoms with Crippen molar-refractivity contribution in [3.8, 4) is 0 Å². The Labute approximate surface area is 85.7 Å². The van der Waals surface area contributed by atoms with Gasteiger partial charge in [-0.15, -0.1) is 0 Å². The van der Waals surface area contributed by atoms with Crippen LogP contribution in [0.2, 0.25) is 45.8 Å². The van der Waals surface area contributed by atoms with Crippen molar-refractivity contribution in [2.24, 2.45) is 0 Å². The van der Waals surface area contributed by atoms with Crippen molar-refractivity contribution >= 4 is 35.8 Å². The first-order valence-corrected chi connectivity index (χ1v) is 14.8. The van der Waals surface area contributed by atoms with Gasteiger partial charge in [0.25, 0.3) is 0 Å². The normalized spacial score (nSPS) is 16.8. The van der Waals surface area contributed by atoms with Crippen molar-refractivity contribution in [2.75, 3.05) is 0 Å². The Kier molecular flexibility index (Phi) is 4.26. The second-order valence-electron chi connectivity index (χ2n) is 5.29. The van der Waals surface area contributed by atoms with Crippen molar-refractivity contribution in [1.82, 2.24) is 3.90 Å². The molecule has 12 heavy (non-hydrogen) atoms. The van der Waals surface area contributed by atoms with Crippen molar-refractivity contribution in [3.05, 3.63) is 0 Å². The molecule has 0 spiro atoms. The molecule has 0 aromatic carbocycles. The van der Waals surface area contributed by atoms with Crippen LogP contribution in [-0.4, -0.2) is 28.6 Å². The minimum atomic E-state index is -1.16. The molecule has 1 atom stereocenters. The van der Waals surface area contributed by atoms with Gasteiger partial charge in [0.2, 0.25) is 0 Å². The van der Waals surface area contributed by atoms with Gasteiger partial charge in [0.15, 0.2) is 8.27 Å². The van der Waals surface area contributed by atoms with Crippen LogP contribution >= 0.6 is 11.1 Å². The van der Waals surface area contributed by atoms with Crippen molar-refractivity contribution in [3.63, 3.8) is 0 Å². The number of nitrogens with zero attached hydrogens (tertiary/aromatic N) is 1. The van der Waals surface area contributed by atoms with Crippen LogP contribution in [0.15, 0.2) is 0 Å². The summed E-state index contributed by atoms with van der Waals surface area (Å²) in [6.45, 7) is 16.6.